The fraction of sp³-hybridized carbons (Fsp3) is 0.143. The van der Waals surface area contributed by atoms with E-state index in [-0.39, 0.29) is 5.91 Å². The van der Waals surface area contributed by atoms with E-state index in [0.29, 0.717) is 12.2 Å². The molecule has 0 bridgehead atoms. The molecule has 0 saturated heterocycles. The van der Waals surface area contributed by atoms with Gasteiger partial charge in [0.25, 0.3) is 5.91 Å². The number of halogens is 1. The number of carbonyl (C=O) groups is 1. The van der Waals surface area contributed by atoms with Gasteiger partial charge in [0.15, 0.2) is 6.10 Å². The van der Waals surface area contributed by atoms with E-state index in [2.05, 4.69) is 26.5 Å². The molecule has 0 fully saturated rings. The standard InChI is InChI=1S/C21H19BrN2O2/c1-2-18(21(25)24-23-14-15-8-4-3-5-9-15)26-19-13-12-16-10-6-7-11-17(16)20(19)22/h3-14,18H,2H2,1H3,(H,24,25)/b23-14+. The molecule has 26 heavy (non-hydrogen) atoms. The molecule has 1 atom stereocenters. The van der Waals surface area contributed by atoms with Crippen LogP contribution in [0.25, 0.3) is 10.8 Å². The van der Waals surface area contributed by atoms with Crippen molar-refractivity contribution in [2.24, 2.45) is 5.10 Å². The lowest BCUT2D eigenvalue weighted by Gasteiger charge is -2.17. The van der Waals surface area contributed by atoms with Gasteiger partial charge in [-0.3, -0.25) is 4.79 Å². The zero-order chi connectivity index (χ0) is 18.4. The number of carbonyl (C=O) groups excluding carboxylic acids is 1. The number of rotatable bonds is 6. The Morgan fingerprint density at radius 2 is 1.85 bits per heavy atom. The zero-order valence-electron chi connectivity index (χ0n) is 14.4. The summed E-state index contributed by atoms with van der Waals surface area (Å²) in [6, 6.07) is 21.4. The Kier molecular flexibility index (Phi) is 6.02. The number of nitrogens with zero attached hydrogens (tertiary/aromatic N) is 1. The maximum Gasteiger partial charge on any atom is 0.281 e. The highest BCUT2D eigenvalue weighted by molar-refractivity contribution is 9.10. The lowest BCUT2D eigenvalue weighted by atomic mass is 10.1. The van der Waals surface area contributed by atoms with Gasteiger partial charge >= 0.3 is 0 Å². The zero-order valence-corrected chi connectivity index (χ0v) is 15.9. The summed E-state index contributed by atoms with van der Waals surface area (Å²) in [7, 11) is 0. The van der Waals surface area contributed by atoms with Crippen molar-refractivity contribution in [3.63, 3.8) is 0 Å². The lowest BCUT2D eigenvalue weighted by molar-refractivity contribution is -0.128. The third-order valence-corrected chi connectivity index (χ3v) is 4.77. The van der Waals surface area contributed by atoms with Crippen molar-refractivity contribution in [2.75, 3.05) is 0 Å². The number of amides is 1. The highest BCUT2D eigenvalue weighted by atomic mass is 79.9. The molecule has 5 heteroatoms. The van der Waals surface area contributed by atoms with Crippen LogP contribution in [-0.2, 0) is 4.79 Å². The van der Waals surface area contributed by atoms with Gasteiger partial charge in [0.2, 0.25) is 0 Å². The first-order valence-corrected chi connectivity index (χ1v) is 9.20. The molecule has 0 aromatic heterocycles. The normalized spacial score (nSPS) is 12.2. The van der Waals surface area contributed by atoms with Gasteiger partial charge in [-0.05, 0) is 44.8 Å². The van der Waals surface area contributed by atoms with Crippen LogP contribution in [-0.4, -0.2) is 18.2 Å². The van der Waals surface area contributed by atoms with Crippen LogP contribution in [0.4, 0.5) is 0 Å². The molecule has 3 aromatic rings. The topological polar surface area (TPSA) is 50.7 Å². The fourth-order valence-electron chi connectivity index (χ4n) is 2.56. The molecule has 1 N–H and O–H groups in total. The quantitative estimate of drug-likeness (QED) is 0.463. The van der Waals surface area contributed by atoms with Gasteiger partial charge in [0.05, 0.1) is 10.7 Å². The second kappa shape index (κ2) is 8.63. The fourth-order valence-corrected chi connectivity index (χ4v) is 3.15. The average molecular weight is 411 g/mol. The summed E-state index contributed by atoms with van der Waals surface area (Å²) in [4.78, 5) is 12.4. The molecule has 0 heterocycles. The van der Waals surface area contributed by atoms with Gasteiger partial charge in [-0.1, -0.05) is 67.6 Å². The smallest absolute Gasteiger partial charge is 0.281 e. The third kappa shape index (κ3) is 4.29. The molecule has 3 aromatic carbocycles. The number of benzene rings is 3. The van der Waals surface area contributed by atoms with E-state index in [1.807, 2.05) is 73.7 Å². The highest BCUT2D eigenvalue weighted by Gasteiger charge is 2.19. The maximum atomic E-state index is 12.4. The van der Waals surface area contributed by atoms with Gasteiger partial charge in [-0.25, -0.2) is 5.43 Å². The Morgan fingerprint density at radius 3 is 2.62 bits per heavy atom. The summed E-state index contributed by atoms with van der Waals surface area (Å²) in [5.41, 5.74) is 3.47. The Bertz CT molecular complexity index is 926. The summed E-state index contributed by atoms with van der Waals surface area (Å²) >= 11 is 3.59. The Hall–Kier alpha value is -2.66. The SMILES string of the molecule is CCC(Oc1ccc2ccccc2c1Br)C(=O)N/N=C/c1ccccc1. The van der Waals surface area contributed by atoms with Crippen LogP contribution in [0.3, 0.4) is 0 Å². The number of fused-ring (bicyclic) bond motifs is 1. The third-order valence-electron chi connectivity index (χ3n) is 3.95. The monoisotopic (exact) mass is 410 g/mol. The number of hydrogen-bond acceptors (Lipinski definition) is 3. The predicted molar refractivity (Wildman–Crippen MR) is 109 cm³/mol. The van der Waals surface area contributed by atoms with Crippen molar-refractivity contribution in [1.82, 2.24) is 5.43 Å². The number of hydrazone groups is 1. The van der Waals surface area contributed by atoms with E-state index in [1.165, 1.54) is 0 Å². The molecule has 0 aliphatic rings. The molecular formula is C21H19BrN2O2. The highest BCUT2D eigenvalue weighted by Crippen LogP contribution is 2.33. The van der Waals surface area contributed by atoms with Crippen molar-refractivity contribution in [3.8, 4) is 5.75 Å². The molecule has 132 valence electrons. The molecule has 0 spiro atoms. The van der Waals surface area contributed by atoms with Crippen LogP contribution in [0.15, 0.2) is 76.3 Å². The van der Waals surface area contributed by atoms with Crippen LogP contribution in [0.1, 0.15) is 18.9 Å². The Balaban J connectivity index is 1.70. The second-order valence-corrected chi connectivity index (χ2v) is 6.55. The van der Waals surface area contributed by atoms with E-state index in [9.17, 15) is 4.79 Å². The molecule has 0 aliphatic carbocycles. The van der Waals surface area contributed by atoms with E-state index >= 15 is 0 Å². The van der Waals surface area contributed by atoms with E-state index in [1.54, 1.807) is 6.21 Å². The van der Waals surface area contributed by atoms with Crippen LogP contribution in [0.5, 0.6) is 5.75 Å². The van der Waals surface area contributed by atoms with Crippen molar-refractivity contribution in [3.05, 3.63) is 76.8 Å². The van der Waals surface area contributed by atoms with Crippen molar-refractivity contribution in [1.29, 1.82) is 0 Å². The second-order valence-electron chi connectivity index (χ2n) is 5.76. The summed E-state index contributed by atoms with van der Waals surface area (Å²) in [5.74, 6) is 0.359. The van der Waals surface area contributed by atoms with Crippen LogP contribution in [0, 0.1) is 0 Å². The van der Waals surface area contributed by atoms with E-state index in [0.717, 1.165) is 20.8 Å². The van der Waals surface area contributed by atoms with Crippen LogP contribution >= 0.6 is 15.9 Å². The Morgan fingerprint density at radius 1 is 1.12 bits per heavy atom. The first kappa shape index (κ1) is 18.1. The van der Waals surface area contributed by atoms with Gasteiger partial charge in [0, 0.05) is 0 Å². The van der Waals surface area contributed by atoms with Gasteiger partial charge in [-0.2, -0.15) is 5.10 Å². The molecule has 4 nitrogen and oxygen atoms in total. The number of ether oxygens (including phenoxy) is 1. The van der Waals surface area contributed by atoms with E-state index in [4.69, 9.17) is 4.74 Å². The average Bonchev–Trinajstić information content (AvgIpc) is 2.68. The minimum absolute atomic E-state index is 0.278. The van der Waals surface area contributed by atoms with Gasteiger partial charge in [-0.15, -0.1) is 0 Å². The van der Waals surface area contributed by atoms with Crippen molar-refractivity contribution >= 4 is 38.8 Å². The molecule has 0 aliphatic heterocycles. The minimum atomic E-state index is -0.625. The Labute approximate surface area is 161 Å². The molecule has 1 amide bonds. The van der Waals surface area contributed by atoms with Crippen molar-refractivity contribution in [2.45, 2.75) is 19.4 Å². The summed E-state index contributed by atoms with van der Waals surface area (Å²) in [5, 5.41) is 6.16. The van der Waals surface area contributed by atoms with Gasteiger partial charge in [0.1, 0.15) is 5.75 Å². The molecule has 0 saturated carbocycles. The summed E-state index contributed by atoms with van der Waals surface area (Å²) < 4.78 is 6.78. The first-order valence-electron chi connectivity index (χ1n) is 8.41. The summed E-state index contributed by atoms with van der Waals surface area (Å²) in [6.07, 6.45) is 1.52. The van der Waals surface area contributed by atoms with Gasteiger partial charge < -0.3 is 4.74 Å². The van der Waals surface area contributed by atoms with Crippen molar-refractivity contribution < 1.29 is 9.53 Å². The molecular weight excluding hydrogens is 392 g/mol. The summed E-state index contributed by atoms with van der Waals surface area (Å²) in [6.45, 7) is 1.90. The molecule has 3 rings (SSSR count). The van der Waals surface area contributed by atoms with Crippen LogP contribution < -0.4 is 10.2 Å². The largest absolute Gasteiger partial charge is 0.479 e. The number of nitrogens with one attached hydrogen (secondary N) is 1. The number of hydrogen-bond donors (Lipinski definition) is 1. The molecule has 0 radical (unpaired) electrons. The molecule has 1 unspecified atom stereocenters. The maximum absolute atomic E-state index is 12.4. The first-order chi connectivity index (χ1) is 12.7. The minimum Gasteiger partial charge on any atom is -0.479 e. The van der Waals surface area contributed by atoms with E-state index < -0.39 is 6.10 Å². The predicted octanol–water partition coefficient (Wildman–Crippen LogP) is 4.91. The van der Waals surface area contributed by atoms with Crippen LogP contribution in [0.2, 0.25) is 0 Å². The lowest BCUT2D eigenvalue weighted by Crippen LogP contribution is -2.35.